The highest BCUT2D eigenvalue weighted by molar-refractivity contribution is 7.88. The molecule has 9 heteroatoms. The van der Waals surface area contributed by atoms with Gasteiger partial charge in [-0.25, -0.2) is 0 Å². The van der Waals surface area contributed by atoms with Crippen molar-refractivity contribution >= 4 is 38.9 Å². The Hall–Kier alpha value is -1.58. The molecule has 2 N–H and O–H groups in total. The van der Waals surface area contributed by atoms with Gasteiger partial charge in [0, 0.05) is 36.5 Å². The molecule has 9 atom stereocenters. The van der Waals surface area contributed by atoms with Gasteiger partial charge in [-0.05, 0) is 91.1 Å². The molecule has 0 bridgehead atoms. The Morgan fingerprint density at radius 2 is 1.82 bits per heavy atom. The van der Waals surface area contributed by atoms with E-state index < -0.39 is 10.1 Å². The first kappa shape index (κ1) is 28.9. The minimum Gasteiger partial charge on any atom is -0.348 e. The van der Waals surface area contributed by atoms with E-state index in [4.69, 9.17) is 0 Å². The SMILES string of the molecule is CC[C@H](NC(=O)C[C@@H](C)[C@H]1CC[C@H]2[C@@H]3C(=O)C[C@@H]4CC(=O)CC[C@]4(C)[C@H]3CC[C@]12C)c1ccc(S(=O)(=O)O)s1. The Morgan fingerprint density at radius 3 is 2.49 bits per heavy atom. The van der Waals surface area contributed by atoms with Crippen LogP contribution in [0.25, 0.3) is 0 Å². The highest BCUT2D eigenvalue weighted by Crippen LogP contribution is 2.67. The van der Waals surface area contributed by atoms with E-state index in [1.807, 2.05) is 6.92 Å². The molecule has 4 aliphatic rings. The predicted octanol–water partition coefficient (Wildman–Crippen LogP) is 6.00. The summed E-state index contributed by atoms with van der Waals surface area (Å²) in [6, 6.07) is 2.73. The first-order chi connectivity index (χ1) is 18.3. The first-order valence-corrected chi connectivity index (χ1v) is 16.9. The van der Waals surface area contributed by atoms with Gasteiger partial charge in [-0.3, -0.25) is 18.9 Å². The Balaban J connectivity index is 1.26. The number of hydrogen-bond donors (Lipinski definition) is 2. The summed E-state index contributed by atoms with van der Waals surface area (Å²) in [6.07, 6.45) is 7.88. The van der Waals surface area contributed by atoms with Crippen LogP contribution in [-0.2, 0) is 24.5 Å². The third-order valence-electron chi connectivity index (χ3n) is 11.5. The van der Waals surface area contributed by atoms with Crippen LogP contribution in [-0.4, -0.2) is 30.4 Å². The summed E-state index contributed by atoms with van der Waals surface area (Å²) >= 11 is 0.988. The molecule has 1 heterocycles. The van der Waals surface area contributed by atoms with E-state index in [1.54, 1.807) is 6.07 Å². The highest BCUT2D eigenvalue weighted by atomic mass is 32.3. The summed E-state index contributed by atoms with van der Waals surface area (Å²) in [5, 5.41) is 3.09. The largest absolute Gasteiger partial charge is 0.348 e. The van der Waals surface area contributed by atoms with Crippen LogP contribution in [0.15, 0.2) is 16.3 Å². The second-order valence-corrected chi connectivity index (χ2v) is 16.2. The standard InChI is InChI=1S/C30H43NO6S2/c1-5-23(25-8-9-27(38-25)39(35,36)37)31-26(34)14-17(2)20-6-7-21-28-22(11-13-30(20,21)4)29(3)12-10-19(32)15-18(29)16-24(28)33/h8-9,17-18,20-23,28H,5-7,10-16H2,1-4H3,(H,31,34)(H,35,36,37)/t17-,18+,20-,21+,22+,23+,28+,29+,30-/m1/s1. The molecule has 4 fully saturated rings. The number of rotatable bonds is 7. The van der Waals surface area contributed by atoms with E-state index >= 15 is 0 Å². The van der Waals surface area contributed by atoms with Crippen LogP contribution in [0.1, 0.15) is 103 Å². The van der Waals surface area contributed by atoms with Crippen LogP contribution in [0.4, 0.5) is 0 Å². The van der Waals surface area contributed by atoms with Gasteiger partial charge in [0.2, 0.25) is 5.91 Å². The van der Waals surface area contributed by atoms with E-state index in [2.05, 4.69) is 26.1 Å². The Kier molecular flexibility index (Phi) is 7.68. The fraction of sp³-hybridized carbons (Fsp3) is 0.767. The van der Waals surface area contributed by atoms with Gasteiger partial charge in [-0.1, -0.05) is 27.7 Å². The van der Waals surface area contributed by atoms with Crippen molar-refractivity contribution in [3.05, 3.63) is 17.0 Å². The van der Waals surface area contributed by atoms with E-state index in [0.29, 0.717) is 66.3 Å². The molecule has 0 spiro atoms. The van der Waals surface area contributed by atoms with Crippen LogP contribution >= 0.6 is 11.3 Å². The van der Waals surface area contributed by atoms with Crippen LogP contribution in [0.5, 0.6) is 0 Å². The van der Waals surface area contributed by atoms with Crippen molar-refractivity contribution in [3.63, 3.8) is 0 Å². The summed E-state index contributed by atoms with van der Waals surface area (Å²) in [4.78, 5) is 39.7. The van der Waals surface area contributed by atoms with E-state index in [0.717, 1.165) is 43.4 Å². The number of hydrogen-bond acceptors (Lipinski definition) is 6. The van der Waals surface area contributed by atoms with Gasteiger partial charge in [0.05, 0.1) is 6.04 Å². The van der Waals surface area contributed by atoms with Crippen molar-refractivity contribution < 1.29 is 27.4 Å². The summed E-state index contributed by atoms with van der Waals surface area (Å²) in [6.45, 7) is 8.83. The van der Waals surface area contributed by atoms with Crippen molar-refractivity contribution in [1.29, 1.82) is 0 Å². The van der Waals surface area contributed by atoms with Gasteiger partial charge >= 0.3 is 10.1 Å². The lowest BCUT2D eigenvalue weighted by atomic mass is 9.44. The van der Waals surface area contributed by atoms with Gasteiger partial charge in [0.25, 0.3) is 0 Å². The second kappa shape index (κ2) is 10.4. The van der Waals surface area contributed by atoms with Crippen LogP contribution in [0.2, 0.25) is 0 Å². The second-order valence-electron chi connectivity index (χ2n) is 13.4. The van der Waals surface area contributed by atoms with Gasteiger partial charge in [-0.15, -0.1) is 11.3 Å². The molecule has 1 aromatic rings. The maximum absolute atomic E-state index is 13.6. The fourth-order valence-electron chi connectivity index (χ4n) is 9.42. The third-order valence-corrected chi connectivity index (χ3v) is 14.0. The van der Waals surface area contributed by atoms with Gasteiger partial charge in [-0.2, -0.15) is 8.42 Å². The van der Waals surface area contributed by atoms with Crippen molar-refractivity contribution in [2.75, 3.05) is 0 Å². The Morgan fingerprint density at radius 1 is 1.10 bits per heavy atom. The van der Waals surface area contributed by atoms with Crippen molar-refractivity contribution in [2.45, 2.75) is 102 Å². The average Bonchev–Trinajstić information content (AvgIpc) is 3.48. The average molecular weight is 578 g/mol. The molecule has 0 unspecified atom stereocenters. The predicted molar refractivity (Wildman–Crippen MR) is 150 cm³/mol. The van der Waals surface area contributed by atoms with Crippen LogP contribution in [0, 0.1) is 46.3 Å². The third kappa shape index (κ3) is 5.05. The normalized spacial score (nSPS) is 37.9. The molecule has 39 heavy (non-hydrogen) atoms. The fourth-order valence-corrected chi connectivity index (χ4v) is 11.2. The molecule has 4 saturated carbocycles. The number of carbonyl (C=O) groups is 3. The van der Waals surface area contributed by atoms with Gasteiger partial charge in [0.1, 0.15) is 15.8 Å². The molecule has 5 rings (SSSR count). The molecular formula is C30H43NO6S2. The smallest absolute Gasteiger partial charge is 0.304 e. The molecule has 0 saturated heterocycles. The summed E-state index contributed by atoms with van der Waals surface area (Å²) in [5.41, 5.74) is 0.121. The number of fused-ring (bicyclic) bond motifs is 5. The zero-order valence-electron chi connectivity index (χ0n) is 23.6. The van der Waals surface area contributed by atoms with Crippen LogP contribution in [0.3, 0.4) is 0 Å². The molecule has 7 nitrogen and oxygen atoms in total. The number of amides is 1. The Labute approximate surface area is 236 Å². The van der Waals surface area contributed by atoms with E-state index in [1.165, 1.54) is 6.07 Å². The minimum atomic E-state index is -4.26. The van der Waals surface area contributed by atoms with Gasteiger partial charge < -0.3 is 5.32 Å². The molecular weight excluding hydrogens is 534 g/mol. The molecule has 0 aromatic carbocycles. The molecule has 1 amide bonds. The topological polar surface area (TPSA) is 118 Å². The molecule has 0 radical (unpaired) electrons. The lowest BCUT2D eigenvalue weighted by molar-refractivity contribution is -0.159. The zero-order chi connectivity index (χ0) is 28.3. The number of Topliss-reactive ketones (excluding diaryl/α,β-unsaturated/α-hetero) is 2. The molecule has 216 valence electrons. The maximum atomic E-state index is 13.6. The first-order valence-electron chi connectivity index (χ1n) is 14.7. The lowest BCUT2D eigenvalue weighted by Crippen LogP contribution is -2.57. The number of ketones is 2. The lowest BCUT2D eigenvalue weighted by Gasteiger charge is -2.59. The van der Waals surface area contributed by atoms with Crippen molar-refractivity contribution in [2.24, 2.45) is 46.3 Å². The van der Waals surface area contributed by atoms with E-state index in [-0.39, 0.29) is 44.7 Å². The molecule has 0 aliphatic heterocycles. The molecule has 1 aromatic heterocycles. The summed E-state index contributed by atoms with van der Waals surface area (Å²) < 4.78 is 32.2. The Bertz CT molecular complexity index is 1260. The number of thiophene rings is 1. The van der Waals surface area contributed by atoms with Crippen molar-refractivity contribution in [3.8, 4) is 0 Å². The quantitative estimate of drug-likeness (QED) is 0.384. The van der Waals surface area contributed by atoms with E-state index in [9.17, 15) is 27.4 Å². The maximum Gasteiger partial charge on any atom is 0.304 e. The molecule has 4 aliphatic carbocycles. The summed E-state index contributed by atoms with van der Waals surface area (Å²) in [7, 11) is -4.26. The van der Waals surface area contributed by atoms with Crippen LogP contribution < -0.4 is 5.32 Å². The number of nitrogens with one attached hydrogen (secondary N) is 1. The van der Waals surface area contributed by atoms with Gasteiger partial charge in [0.15, 0.2) is 0 Å². The monoisotopic (exact) mass is 577 g/mol. The van der Waals surface area contributed by atoms with Crippen molar-refractivity contribution in [1.82, 2.24) is 5.32 Å². The zero-order valence-corrected chi connectivity index (χ0v) is 25.2. The highest BCUT2D eigenvalue weighted by Gasteiger charge is 2.63. The number of carbonyl (C=O) groups excluding carboxylic acids is 3. The minimum absolute atomic E-state index is 0.0342. The summed E-state index contributed by atoms with van der Waals surface area (Å²) in [5.74, 6) is 2.20.